The van der Waals surface area contributed by atoms with Gasteiger partial charge in [-0.15, -0.1) is 0 Å². The predicted molar refractivity (Wildman–Crippen MR) is 73.0 cm³/mol. The van der Waals surface area contributed by atoms with Crippen molar-refractivity contribution in [2.24, 2.45) is 0 Å². The van der Waals surface area contributed by atoms with Crippen LogP contribution < -0.4 is 10.3 Å². The number of anilines is 1. The summed E-state index contributed by atoms with van der Waals surface area (Å²) in [6.07, 6.45) is 1.08. The van der Waals surface area contributed by atoms with E-state index in [0.29, 0.717) is 9.35 Å². The number of nitrogens with one attached hydrogen (secondary N) is 3. The highest BCUT2D eigenvalue weighted by atomic mass is 127. The van der Waals surface area contributed by atoms with Crippen LogP contribution in [0.2, 0.25) is 0 Å². The second kappa shape index (κ2) is 4.67. The lowest BCUT2D eigenvalue weighted by molar-refractivity contribution is -0.347. The standard InChI is InChI=1S/C10H12IN5O2/c1-10(2,3)18-9(17)16-8-14-6(11)5-7(15-8)13-4-12-5/h4H,1-3H3,(H2,12,13,14,15,16,17)/p+1. The van der Waals surface area contributed by atoms with Crippen LogP contribution in [0.1, 0.15) is 20.8 Å². The Hall–Kier alpha value is -1.45. The van der Waals surface area contributed by atoms with Crippen molar-refractivity contribution in [1.82, 2.24) is 15.0 Å². The van der Waals surface area contributed by atoms with E-state index in [-0.39, 0.29) is 5.95 Å². The summed E-state index contributed by atoms with van der Waals surface area (Å²) in [7, 11) is 0. The van der Waals surface area contributed by atoms with Crippen molar-refractivity contribution in [3.05, 3.63) is 10.0 Å². The smallest absolute Gasteiger partial charge is 0.415 e. The lowest BCUT2D eigenvalue weighted by Crippen LogP contribution is -2.28. The van der Waals surface area contributed by atoms with E-state index in [1.165, 1.54) is 0 Å². The number of hydrogen-bond donors (Lipinski definition) is 2. The summed E-state index contributed by atoms with van der Waals surface area (Å²) in [5.74, 6) is 0.206. The van der Waals surface area contributed by atoms with Crippen molar-refractivity contribution in [2.75, 3.05) is 5.32 Å². The van der Waals surface area contributed by atoms with E-state index in [2.05, 4.69) is 47.8 Å². The van der Waals surface area contributed by atoms with Gasteiger partial charge >= 0.3 is 17.7 Å². The molecule has 0 aromatic carbocycles. The summed E-state index contributed by atoms with van der Waals surface area (Å²) >= 11 is 2.06. The van der Waals surface area contributed by atoms with E-state index in [0.717, 1.165) is 5.52 Å². The molecule has 0 aliphatic carbocycles. The number of carbonyl (C=O) groups excluding carboxylic acids is 1. The molecular formula is C10H13IN5O2+. The van der Waals surface area contributed by atoms with Crippen LogP contribution in [0.4, 0.5) is 10.7 Å². The fourth-order valence-corrected chi connectivity index (χ4v) is 1.93. The second-order valence-corrected chi connectivity index (χ2v) is 5.64. The zero-order valence-corrected chi connectivity index (χ0v) is 12.3. The summed E-state index contributed by atoms with van der Waals surface area (Å²) in [5, 5.41) is 2.50. The highest BCUT2D eigenvalue weighted by Crippen LogP contribution is 2.14. The zero-order valence-electron chi connectivity index (χ0n) is 10.2. The zero-order chi connectivity index (χ0) is 13.3. The molecule has 2 aromatic heterocycles. The van der Waals surface area contributed by atoms with Crippen LogP contribution in [-0.2, 0) is 4.74 Å². The molecule has 1 amide bonds. The number of carbonyl (C=O) groups is 1. The van der Waals surface area contributed by atoms with E-state index in [9.17, 15) is 4.79 Å². The molecule has 18 heavy (non-hydrogen) atoms. The average molecular weight is 362 g/mol. The molecule has 0 spiro atoms. The van der Waals surface area contributed by atoms with Crippen LogP contribution in [0.15, 0.2) is 6.33 Å². The Balaban J connectivity index is 2.19. The van der Waals surface area contributed by atoms with E-state index in [1.54, 1.807) is 27.1 Å². The van der Waals surface area contributed by atoms with Crippen molar-refractivity contribution in [2.45, 2.75) is 26.4 Å². The van der Waals surface area contributed by atoms with Gasteiger partial charge in [-0.25, -0.2) is 15.1 Å². The average Bonchev–Trinajstić information content (AvgIpc) is 2.62. The Morgan fingerprint density at radius 1 is 1.50 bits per heavy atom. The third-order valence-corrected chi connectivity index (χ3v) is 2.68. The molecule has 2 rings (SSSR count). The van der Waals surface area contributed by atoms with Crippen molar-refractivity contribution >= 4 is 45.8 Å². The minimum atomic E-state index is -0.576. The Morgan fingerprint density at radius 3 is 2.89 bits per heavy atom. The molecule has 0 saturated carbocycles. The normalized spacial score (nSPS) is 11.6. The molecule has 2 aromatic rings. The number of imidazole rings is 1. The molecule has 2 heterocycles. The Labute approximate surface area is 117 Å². The molecule has 0 saturated heterocycles. The van der Waals surface area contributed by atoms with Gasteiger partial charge in [0.1, 0.15) is 5.60 Å². The number of nitrogens with zero attached hydrogens (tertiary/aromatic N) is 2. The predicted octanol–water partition coefficient (Wildman–Crippen LogP) is 1.72. The largest absolute Gasteiger partial charge is 0.443 e. The number of halogens is 1. The molecule has 0 aliphatic heterocycles. The maximum Gasteiger partial charge on any atom is 0.415 e. The van der Waals surface area contributed by atoms with Gasteiger partial charge in [0.05, 0.1) is 0 Å². The molecule has 0 radical (unpaired) electrons. The Kier molecular flexibility index (Phi) is 3.37. The molecular weight excluding hydrogens is 349 g/mol. The molecule has 96 valence electrons. The summed E-state index contributed by atoms with van der Waals surface area (Å²) < 4.78 is 5.84. The van der Waals surface area contributed by atoms with Crippen molar-refractivity contribution in [3.63, 3.8) is 0 Å². The first-order valence-electron chi connectivity index (χ1n) is 5.27. The molecule has 0 unspecified atom stereocenters. The summed E-state index contributed by atoms with van der Waals surface area (Å²) in [6.45, 7) is 5.38. The number of rotatable bonds is 1. The molecule has 0 aliphatic rings. The van der Waals surface area contributed by atoms with Crippen molar-refractivity contribution < 1.29 is 14.5 Å². The lowest BCUT2D eigenvalue weighted by atomic mass is 10.2. The first-order chi connectivity index (χ1) is 8.35. The third-order valence-electron chi connectivity index (χ3n) is 1.90. The number of ether oxygens (including phenoxy) is 1. The van der Waals surface area contributed by atoms with Crippen LogP contribution >= 0.6 is 22.6 Å². The summed E-state index contributed by atoms with van der Waals surface area (Å²) in [5.41, 5.74) is 0.868. The maximum atomic E-state index is 11.6. The van der Waals surface area contributed by atoms with Gasteiger partial charge in [0.15, 0.2) is 10.0 Å². The van der Waals surface area contributed by atoms with Gasteiger partial charge in [0.2, 0.25) is 5.52 Å². The molecule has 0 bridgehead atoms. The van der Waals surface area contributed by atoms with E-state index in [1.807, 2.05) is 0 Å². The lowest BCUT2D eigenvalue weighted by Gasteiger charge is -2.18. The number of fused-ring (bicyclic) bond motifs is 1. The van der Waals surface area contributed by atoms with Gasteiger partial charge in [-0.1, -0.05) is 4.98 Å². The second-order valence-electron chi connectivity index (χ2n) is 4.62. The van der Waals surface area contributed by atoms with Crippen LogP contribution in [-0.4, -0.2) is 26.6 Å². The Bertz CT molecular complexity index is 589. The minimum absolute atomic E-state index is 0.206. The van der Waals surface area contributed by atoms with Gasteiger partial charge in [-0.05, 0) is 43.4 Å². The van der Waals surface area contributed by atoms with Crippen LogP contribution in [0.5, 0.6) is 0 Å². The fraction of sp³-hybridized carbons (Fsp3) is 0.400. The number of aromatic nitrogens is 4. The van der Waals surface area contributed by atoms with Crippen LogP contribution in [0, 0.1) is 3.70 Å². The van der Waals surface area contributed by atoms with E-state index >= 15 is 0 Å². The highest BCUT2D eigenvalue weighted by Gasteiger charge is 2.20. The van der Waals surface area contributed by atoms with Gasteiger partial charge in [0, 0.05) is 0 Å². The van der Waals surface area contributed by atoms with Crippen LogP contribution in [0.25, 0.3) is 11.2 Å². The molecule has 7 nitrogen and oxygen atoms in total. The van der Waals surface area contributed by atoms with Crippen LogP contribution in [0.3, 0.4) is 0 Å². The highest BCUT2D eigenvalue weighted by molar-refractivity contribution is 14.1. The summed E-state index contributed by atoms with van der Waals surface area (Å²) in [6, 6.07) is 0. The summed E-state index contributed by atoms with van der Waals surface area (Å²) in [4.78, 5) is 25.8. The van der Waals surface area contributed by atoms with Gasteiger partial charge < -0.3 is 4.74 Å². The monoisotopic (exact) mass is 362 g/mol. The van der Waals surface area contributed by atoms with Crippen molar-refractivity contribution in [1.29, 1.82) is 0 Å². The number of H-pyrrole nitrogens is 2. The van der Waals surface area contributed by atoms with Gasteiger partial charge in [0.25, 0.3) is 0 Å². The third kappa shape index (κ3) is 3.06. The SMILES string of the molecule is CC(C)(C)OC(=O)Nc1nc(I)c2[nH]c[nH+]c2n1. The maximum absolute atomic E-state index is 11.6. The van der Waals surface area contributed by atoms with E-state index < -0.39 is 11.7 Å². The quantitative estimate of drug-likeness (QED) is 0.597. The van der Waals surface area contributed by atoms with Gasteiger partial charge in [-0.3, -0.25) is 4.98 Å². The van der Waals surface area contributed by atoms with Crippen molar-refractivity contribution in [3.8, 4) is 0 Å². The number of hydrogen-bond acceptors (Lipinski definition) is 4. The van der Waals surface area contributed by atoms with E-state index in [4.69, 9.17) is 4.74 Å². The first kappa shape index (κ1) is 13.0. The number of amides is 1. The first-order valence-corrected chi connectivity index (χ1v) is 6.35. The van der Waals surface area contributed by atoms with Gasteiger partial charge in [-0.2, -0.15) is 4.98 Å². The molecule has 0 atom stereocenters. The molecule has 3 N–H and O–H groups in total. The fourth-order valence-electron chi connectivity index (χ4n) is 1.29. The Morgan fingerprint density at radius 2 is 2.22 bits per heavy atom. The molecule has 0 fully saturated rings. The molecule has 8 heteroatoms. The minimum Gasteiger partial charge on any atom is -0.443 e. The topological polar surface area (TPSA) is 94.0 Å². The number of aromatic amines is 2.